The van der Waals surface area contributed by atoms with Crippen LogP contribution in [-0.2, 0) is 19.5 Å². The smallest absolute Gasteiger partial charge is 0.153 e. The lowest BCUT2D eigenvalue weighted by atomic mass is 10.00. The summed E-state index contributed by atoms with van der Waals surface area (Å²) in [5, 5.41) is 1.34. The fourth-order valence-electron chi connectivity index (χ4n) is 3.88. The molecule has 1 aliphatic rings. The van der Waals surface area contributed by atoms with E-state index in [-0.39, 0.29) is 12.4 Å². The predicted molar refractivity (Wildman–Crippen MR) is 103 cm³/mol. The average molecular weight is 342 g/mol. The summed E-state index contributed by atoms with van der Waals surface area (Å²) in [7, 11) is 0. The van der Waals surface area contributed by atoms with Gasteiger partial charge in [0, 0.05) is 36.9 Å². The molecule has 0 N–H and O–H groups in total. The van der Waals surface area contributed by atoms with E-state index in [1.165, 1.54) is 33.3 Å². The summed E-state index contributed by atoms with van der Waals surface area (Å²) in [5.41, 5.74) is 6.94. The van der Waals surface area contributed by atoms with Crippen molar-refractivity contribution >= 4 is 29.1 Å². The zero-order valence-electron chi connectivity index (χ0n) is 14.5. The molecule has 1 aliphatic heterocycles. The van der Waals surface area contributed by atoms with E-state index in [4.69, 9.17) is 4.98 Å². The molecule has 24 heavy (non-hydrogen) atoms. The zero-order valence-corrected chi connectivity index (χ0v) is 15.4. The van der Waals surface area contributed by atoms with Crippen LogP contribution in [-0.4, -0.2) is 16.1 Å². The number of aromatic nitrogens is 2. The van der Waals surface area contributed by atoms with E-state index in [2.05, 4.69) is 60.6 Å². The highest BCUT2D eigenvalue weighted by Gasteiger charge is 2.22. The normalized spacial score (nSPS) is 13.7. The van der Waals surface area contributed by atoms with E-state index in [1.807, 2.05) is 6.20 Å². The van der Waals surface area contributed by atoms with Crippen molar-refractivity contribution in [2.45, 2.75) is 40.3 Å². The van der Waals surface area contributed by atoms with Gasteiger partial charge in [-0.2, -0.15) is 0 Å². The topological polar surface area (TPSA) is 21.1 Å². The number of hydrogen-bond donors (Lipinski definition) is 0. The summed E-state index contributed by atoms with van der Waals surface area (Å²) in [6, 6.07) is 10.9. The molecule has 0 spiro atoms. The van der Waals surface area contributed by atoms with Crippen molar-refractivity contribution in [2.24, 2.45) is 0 Å². The molecule has 3 aromatic rings. The van der Waals surface area contributed by atoms with Crippen molar-refractivity contribution in [3.8, 4) is 0 Å². The van der Waals surface area contributed by atoms with Gasteiger partial charge < -0.3 is 9.47 Å². The Morgan fingerprint density at radius 3 is 2.58 bits per heavy atom. The van der Waals surface area contributed by atoms with Gasteiger partial charge in [-0.15, -0.1) is 12.4 Å². The Balaban J connectivity index is 0.00000169. The van der Waals surface area contributed by atoms with Crippen molar-refractivity contribution in [2.75, 3.05) is 11.4 Å². The molecule has 3 nitrogen and oxygen atoms in total. The highest BCUT2D eigenvalue weighted by molar-refractivity contribution is 5.93. The van der Waals surface area contributed by atoms with E-state index < -0.39 is 0 Å². The summed E-state index contributed by atoms with van der Waals surface area (Å²) in [6.07, 6.45) is 3.06. The Morgan fingerprint density at radius 2 is 1.83 bits per heavy atom. The third-order valence-corrected chi connectivity index (χ3v) is 5.27. The van der Waals surface area contributed by atoms with Crippen molar-refractivity contribution in [3.05, 3.63) is 58.9 Å². The largest absolute Gasteiger partial charge is 0.350 e. The number of pyridine rings is 1. The zero-order chi connectivity index (χ0) is 16.0. The van der Waals surface area contributed by atoms with Gasteiger partial charge in [0.25, 0.3) is 0 Å². The van der Waals surface area contributed by atoms with Gasteiger partial charge in [0.1, 0.15) is 0 Å². The first-order valence-electron chi connectivity index (χ1n) is 8.46. The molecule has 4 heteroatoms. The lowest BCUT2D eigenvalue weighted by Crippen LogP contribution is -2.31. The van der Waals surface area contributed by atoms with E-state index in [0.717, 1.165) is 31.9 Å². The van der Waals surface area contributed by atoms with E-state index in [1.54, 1.807) is 0 Å². The number of anilines is 1. The monoisotopic (exact) mass is 341 g/mol. The van der Waals surface area contributed by atoms with Gasteiger partial charge in [0.2, 0.25) is 0 Å². The lowest BCUT2D eigenvalue weighted by Gasteiger charge is -2.30. The molecular weight excluding hydrogens is 318 g/mol. The summed E-state index contributed by atoms with van der Waals surface area (Å²) in [6.45, 7) is 9.63. The molecule has 0 unspecified atom stereocenters. The average Bonchev–Trinajstić information content (AvgIpc) is 2.85. The van der Waals surface area contributed by atoms with Crippen molar-refractivity contribution in [1.82, 2.24) is 9.55 Å². The summed E-state index contributed by atoms with van der Waals surface area (Å²) in [4.78, 5) is 7.21. The first-order valence-corrected chi connectivity index (χ1v) is 8.46. The summed E-state index contributed by atoms with van der Waals surface area (Å²) < 4.78 is 2.41. The molecule has 0 radical (unpaired) electrons. The maximum absolute atomic E-state index is 4.77. The number of nitrogens with zero attached hydrogens (tertiary/aromatic N) is 3. The van der Waals surface area contributed by atoms with Gasteiger partial charge in [-0.1, -0.05) is 24.3 Å². The second kappa shape index (κ2) is 6.48. The van der Waals surface area contributed by atoms with E-state index >= 15 is 0 Å². The molecule has 0 amide bonds. The van der Waals surface area contributed by atoms with Crippen LogP contribution in [0.3, 0.4) is 0 Å². The molecule has 4 rings (SSSR count). The summed E-state index contributed by atoms with van der Waals surface area (Å²) in [5.74, 6) is 1.13. The molecule has 0 saturated heterocycles. The molecular formula is C20H24ClN3. The third-order valence-electron chi connectivity index (χ3n) is 5.27. The minimum atomic E-state index is 0. The van der Waals surface area contributed by atoms with Crippen LogP contribution in [0.25, 0.3) is 10.9 Å². The number of benzene rings is 1. The van der Waals surface area contributed by atoms with Gasteiger partial charge in [-0.3, -0.25) is 0 Å². The molecule has 0 atom stereocenters. The number of rotatable bonds is 2. The fourth-order valence-corrected chi connectivity index (χ4v) is 3.88. The Bertz CT molecular complexity index is 882. The molecule has 0 fully saturated rings. The highest BCUT2D eigenvalue weighted by Crippen LogP contribution is 2.33. The summed E-state index contributed by atoms with van der Waals surface area (Å²) >= 11 is 0. The van der Waals surface area contributed by atoms with Crippen molar-refractivity contribution < 1.29 is 0 Å². The van der Waals surface area contributed by atoms with Crippen LogP contribution in [0.4, 0.5) is 5.82 Å². The molecule has 126 valence electrons. The number of hydrogen-bond acceptors (Lipinski definition) is 2. The molecule has 1 aromatic carbocycles. The fraction of sp³-hybridized carbons (Fsp3) is 0.350. The predicted octanol–water partition coefficient (Wildman–Crippen LogP) is 4.66. The van der Waals surface area contributed by atoms with Gasteiger partial charge in [-0.25, -0.2) is 4.98 Å². The van der Waals surface area contributed by atoms with Gasteiger partial charge in [-0.05, 0) is 49.9 Å². The highest BCUT2D eigenvalue weighted by atomic mass is 35.5. The minimum Gasteiger partial charge on any atom is -0.350 e. The molecule has 0 aliphatic carbocycles. The number of aryl methyl sites for hydroxylation is 2. The van der Waals surface area contributed by atoms with Crippen LogP contribution in [0.1, 0.15) is 29.3 Å². The van der Waals surface area contributed by atoms with Crippen LogP contribution < -0.4 is 4.90 Å². The number of fused-ring (bicyclic) bond motifs is 2. The lowest BCUT2D eigenvalue weighted by molar-refractivity contribution is 0.713. The van der Waals surface area contributed by atoms with Crippen LogP contribution >= 0.6 is 12.4 Å². The van der Waals surface area contributed by atoms with E-state index in [9.17, 15) is 0 Å². The first kappa shape index (κ1) is 16.8. The first-order chi connectivity index (χ1) is 11.2. The Kier molecular flexibility index (Phi) is 4.55. The van der Waals surface area contributed by atoms with Gasteiger partial charge >= 0.3 is 0 Å². The molecule has 0 bridgehead atoms. The Labute approximate surface area is 149 Å². The Hall–Kier alpha value is -2.00. The van der Waals surface area contributed by atoms with Crippen LogP contribution in [0, 0.1) is 13.8 Å². The van der Waals surface area contributed by atoms with Crippen molar-refractivity contribution in [1.29, 1.82) is 0 Å². The number of halogens is 1. The molecule has 2 aromatic heterocycles. The molecule has 3 heterocycles. The maximum Gasteiger partial charge on any atom is 0.153 e. The standard InChI is InChI=1S/C20H23N3.ClH/c1-4-23-15(3)14(2)18-9-11-21-20(19(18)23)22-12-10-16-7-5-6-8-17(16)13-22;/h5-9,11H,4,10,12-13H2,1-3H3;1H. The Morgan fingerprint density at radius 1 is 1.08 bits per heavy atom. The van der Waals surface area contributed by atoms with Crippen molar-refractivity contribution in [3.63, 3.8) is 0 Å². The van der Waals surface area contributed by atoms with Crippen LogP contribution in [0.2, 0.25) is 0 Å². The van der Waals surface area contributed by atoms with Gasteiger partial charge in [0.05, 0.1) is 5.52 Å². The van der Waals surface area contributed by atoms with Crippen LogP contribution in [0.5, 0.6) is 0 Å². The SMILES string of the molecule is CCn1c(C)c(C)c2ccnc(N3CCc4ccccc4C3)c21.Cl. The van der Waals surface area contributed by atoms with Crippen LogP contribution in [0.15, 0.2) is 36.5 Å². The maximum atomic E-state index is 4.77. The minimum absolute atomic E-state index is 0. The second-order valence-electron chi connectivity index (χ2n) is 6.43. The van der Waals surface area contributed by atoms with Gasteiger partial charge in [0.15, 0.2) is 5.82 Å². The quantitative estimate of drug-likeness (QED) is 0.676. The third kappa shape index (κ3) is 2.48. The molecule has 0 saturated carbocycles. The van der Waals surface area contributed by atoms with E-state index in [0.29, 0.717) is 0 Å². The second-order valence-corrected chi connectivity index (χ2v) is 6.43.